The molecule has 2 rings (SSSR count). The molecule has 1 aromatic carbocycles. The van der Waals surface area contributed by atoms with Gasteiger partial charge in [-0.3, -0.25) is 24.1 Å². The fourth-order valence-corrected chi connectivity index (χ4v) is 2.70. The second kappa shape index (κ2) is 7.92. The Balaban J connectivity index is 2.09. The van der Waals surface area contributed by atoms with Crippen molar-refractivity contribution < 1.29 is 23.9 Å². The summed E-state index contributed by atoms with van der Waals surface area (Å²) in [6, 6.07) is 6.50. The minimum atomic E-state index is -0.466. The van der Waals surface area contributed by atoms with Crippen LogP contribution >= 0.6 is 0 Å². The Kier molecular flexibility index (Phi) is 5.90. The Morgan fingerprint density at radius 2 is 1.68 bits per heavy atom. The monoisotopic (exact) mass is 346 g/mol. The van der Waals surface area contributed by atoms with E-state index in [0.717, 1.165) is 4.90 Å². The molecule has 7 heteroatoms. The number of ether oxygens (including phenoxy) is 1. The summed E-state index contributed by atoms with van der Waals surface area (Å²) in [5.41, 5.74) is 0.621. The summed E-state index contributed by atoms with van der Waals surface area (Å²) in [5.74, 6) is -1.53. The summed E-state index contributed by atoms with van der Waals surface area (Å²) in [5, 5.41) is 0. The number of hydrogen-bond acceptors (Lipinski definition) is 5. The van der Waals surface area contributed by atoms with Crippen LogP contribution in [0.4, 0.5) is 0 Å². The number of fused-ring (bicyclic) bond motifs is 1. The molecule has 0 radical (unpaired) electrons. The van der Waals surface area contributed by atoms with Crippen LogP contribution in [-0.2, 0) is 14.3 Å². The van der Waals surface area contributed by atoms with E-state index in [1.165, 1.54) is 12.0 Å². The van der Waals surface area contributed by atoms with Crippen molar-refractivity contribution in [2.75, 3.05) is 26.7 Å². The molecular weight excluding hydrogens is 324 g/mol. The molecular formula is C18H22N2O5. The lowest BCUT2D eigenvalue weighted by Gasteiger charge is -2.26. The van der Waals surface area contributed by atoms with Gasteiger partial charge in [-0.2, -0.15) is 0 Å². The van der Waals surface area contributed by atoms with E-state index < -0.39 is 17.8 Å². The third-order valence-electron chi connectivity index (χ3n) is 3.92. The Labute approximate surface area is 146 Å². The molecule has 0 aromatic heterocycles. The molecule has 25 heavy (non-hydrogen) atoms. The average Bonchev–Trinajstić information content (AvgIpc) is 2.83. The van der Waals surface area contributed by atoms with E-state index in [2.05, 4.69) is 4.74 Å². The van der Waals surface area contributed by atoms with Crippen LogP contribution < -0.4 is 0 Å². The van der Waals surface area contributed by atoms with Gasteiger partial charge in [0.15, 0.2) is 0 Å². The van der Waals surface area contributed by atoms with Crippen molar-refractivity contribution in [1.29, 1.82) is 0 Å². The summed E-state index contributed by atoms with van der Waals surface area (Å²) < 4.78 is 4.60. The quantitative estimate of drug-likeness (QED) is 0.549. The van der Waals surface area contributed by atoms with Crippen molar-refractivity contribution in [3.05, 3.63) is 35.4 Å². The smallest absolute Gasteiger partial charge is 0.307 e. The minimum absolute atomic E-state index is 0.0665. The average molecular weight is 346 g/mol. The maximum Gasteiger partial charge on any atom is 0.307 e. The van der Waals surface area contributed by atoms with Gasteiger partial charge in [0.05, 0.1) is 24.7 Å². The van der Waals surface area contributed by atoms with Gasteiger partial charge in [0.1, 0.15) is 6.54 Å². The number of nitrogens with zero attached hydrogens (tertiary/aromatic N) is 2. The van der Waals surface area contributed by atoms with Crippen LogP contribution in [-0.4, -0.2) is 60.2 Å². The third kappa shape index (κ3) is 4.23. The number of rotatable bonds is 7. The first-order chi connectivity index (χ1) is 11.8. The van der Waals surface area contributed by atoms with Crippen LogP contribution in [0.1, 0.15) is 41.0 Å². The first-order valence-electron chi connectivity index (χ1n) is 8.15. The number of hydrogen-bond donors (Lipinski definition) is 0. The first-order valence-corrected chi connectivity index (χ1v) is 8.15. The molecule has 0 saturated carbocycles. The zero-order valence-electron chi connectivity index (χ0n) is 14.7. The Morgan fingerprint density at radius 3 is 2.16 bits per heavy atom. The lowest BCUT2D eigenvalue weighted by Crippen LogP contribution is -2.44. The van der Waals surface area contributed by atoms with E-state index in [1.807, 2.05) is 13.8 Å². The lowest BCUT2D eigenvalue weighted by molar-refractivity contribution is -0.142. The minimum Gasteiger partial charge on any atom is -0.469 e. The van der Waals surface area contributed by atoms with Gasteiger partial charge in [0.25, 0.3) is 11.8 Å². The van der Waals surface area contributed by atoms with Gasteiger partial charge < -0.3 is 9.64 Å². The SMILES string of the molecule is COC(=O)CCN(CC(C)C)C(=O)CN1C(=O)c2ccccc2C1=O. The van der Waals surface area contributed by atoms with Crippen LogP contribution in [0.5, 0.6) is 0 Å². The molecule has 1 aliphatic rings. The zero-order chi connectivity index (χ0) is 18.6. The Morgan fingerprint density at radius 1 is 1.12 bits per heavy atom. The van der Waals surface area contributed by atoms with Gasteiger partial charge >= 0.3 is 5.97 Å². The third-order valence-corrected chi connectivity index (χ3v) is 3.92. The number of esters is 1. The molecule has 0 N–H and O–H groups in total. The molecule has 1 aromatic rings. The largest absolute Gasteiger partial charge is 0.469 e. The standard InChI is InChI=1S/C18H22N2O5/c1-12(2)10-19(9-8-16(22)25-3)15(21)11-20-17(23)13-6-4-5-7-14(13)18(20)24/h4-7,12H,8-11H2,1-3H3. The first kappa shape index (κ1) is 18.6. The fourth-order valence-electron chi connectivity index (χ4n) is 2.70. The fraction of sp³-hybridized carbons (Fsp3) is 0.444. The normalized spacial score (nSPS) is 13.2. The number of imide groups is 1. The van der Waals surface area contributed by atoms with Gasteiger partial charge in [-0.05, 0) is 18.1 Å². The van der Waals surface area contributed by atoms with Crippen molar-refractivity contribution in [2.24, 2.45) is 5.92 Å². The summed E-state index contributed by atoms with van der Waals surface area (Å²) in [6.45, 7) is 4.17. The van der Waals surface area contributed by atoms with Crippen molar-refractivity contribution in [3.8, 4) is 0 Å². The van der Waals surface area contributed by atoms with E-state index in [-0.39, 0.29) is 31.3 Å². The number of amides is 3. The lowest BCUT2D eigenvalue weighted by atomic mass is 10.1. The molecule has 3 amide bonds. The maximum atomic E-state index is 12.6. The molecule has 0 saturated heterocycles. The highest BCUT2D eigenvalue weighted by Crippen LogP contribution is 2.22. The molecule has 0 atom stereocenters. The van der Waals surface area contributed by atoms with Gasteiger partial charge in [0, 0.05) is 13.1 Å². The highest BCUT2D eigenvalue weighted by Gasteiger charge is 2.37. The van der Waals surface area contributed by atoms with Crippen molar-refractivity contribution in [3.63, 3.8) is 0 Å². The van der Waals surface area contributed by atoms with Crippen LogP contribution in [0.15, 0.2) is 24.3 Å². The van der Waals surface area contributed by atoms with Crippen molar-refractivity contribution >= 4 is 23.7 Å². The van der Waals surface area contributed by atoms with Gasteiger partial charge in [-0.15, -0.1) is 0 Å². The van der Waals surface area contributed by atoms with Crippen molar-refractivity contribution in [2.45, 2.75) is 20.3 Å². The van der Waals surface area contributed by atoms with Crippen molar-refractivity contribution in [1.82, 2.24) is 9.80 Å². The van der Waals surface area contributed by atoms with E-state index in [1.54, 1.807) is 24.3 Å². The maximum absolute atomic E-state index is 12.6. The molecule has 1 aliphatic heterocycles. The molecule has 0 fully saturated rings. The molecule has 0 spiro atoms. The van der Waals surface area contributed by atoms with Crippen LogP contribution in [0.25, 0.3) is 0 Å². The van der Waals surface area contributed by atoms with Crippen LogP contribution in [0, 0.1) is 5.92 Å². The molecule has 0 unspecified atom stereocenters. The number of carbonyl (C=O) groups is 4. The molecule has 1 heterocycles. The second-order valence-electron chi connectivity index (χ2n) is 6.30. The molecule has 0 aliphatic carbocycles. The van der Waals surface area contributed by atoms with Crippen LogP contribution in [0.2, 0.25) is 0 Å². The zero-order valence-corrected chi connectivity index (χ0v) is 14.7. The predicted molar refractivity (Wildman–Crippen MR) is 89.9 cm³/mol. The summed E-state index contributed by atoms with van der Waals surface area (Å²) in [7, 11) is 1.29. The number of benzene rings is 1. The molecule has 0 bridgehead atoms. The van der Waals surface area contributed by atoms with Gasteiger partial charge in [-0.25, -0.2) is 0 Å². The van der Waals surface area contributed by atoms with E-state index in [0.29, 0.717) is 17.7 Å². The second-order valence-corrected chi connectivity index (χ2v) is 6.30. The highest BCUT2D eigenvalue weighted by molar-refractivity contribution is 6.22. The van der Waals surface area contributed by atoms with Crippen LogP contribution in [0.3, 0.4) is 0 Å². The Bertz CT molecular complexity index is 663. The summed E-state index contributed by atoms with van der Waals surface area (Å²) in [4.78, 5) is 51.1. The molecule has 7 nitrogen and oxygen atoms in total. The topological polar surface area (TPSA) is 84.0 Å². The molecule has 134 valence electrons. The number of carbonyl (C=O) groups excluding carboxylic acids is 4. The highest BCUT2D eigenvalue weighted by atomic mass is 16.5. The number of methoxy groups -OCH3 is 1. The van der Waals surface area contributed by atoms with E-state index in [4.69, 9.17) is 0 Å². The van der Waals surface area contributed by atoms with Gasteiger partial charge in [-0.1, -0.05) is 26.0 Å². The predicted octanol–water partition coefficient (Wildman–Crippen LogP) is 1.33. The van der Waals surface area contributed by atoms with E-state index in [9.17, 15) is 19.2 Å². The summed E-state index contributed by atoms with van der Waals surface area (Å²) in [6.07, 6.45) is 0.0665. The van der Waals surface area contributed by atoms with Gasteiger partial charge in [0.2, 0.25) is 5.91 Å². The van der Waals surface area contributed by atoms with E-state index >= 15 is 0 Å². The summed E-state index contributed by atoms with van der Waals surface area (Å²) >= 11 is 0. The Hall–Kier alpha value is -2.70.